The van der Waals surface area contributed by atoms with E-state index in [1.807, 2.05) is 40.9 Å². The van der Waals surface area contributed by atoms with Crippen molar-refractivity contribution < 1.29 is 14.3 Å². The average Bonchev–Trinajstić information content (AvgIpc) is 3.07. The number of carbonyl (C=O) groups excluding carboxylic acids is 1. The number of aliphatic imine (C=N–C) groups is 1. The maximum Gasteiger partial charge on any atom is 0.410 e. The van der Waals surface area contributed by atoms with E-state index in [1.165, 1.54) is 7.11 Å². The van der Waals surface area contributed by atoms with Crippen molar-refractivity contribution >= 4 is 23.7 Å². The fourth-order valence-corrected chi connectivity index (χ4v) is 2.42. The molecule has 8 heteroatoms. The number of nitriles is 1. The summed E-state index contributed by atoms with van der Waals surface area (Å²) in [7, 11) is 5.21. The van der Waals surface area contributed by atoms with Gasteiger partial charge in [0.2, 0.25) is 0 Å². The molecule has 0 atom stereocenters. The molecule has 1 aliphatic heterocycles. The van der Waals surface area contributed by atoms with Gasteiger partial charge in [0.05, 0.1) is 20.0 Å². The molecule has 0 saturated heterocycles. The Morgan fingerprint density at radius 2 is 2.15 bits per heavy atom. The first-order chi connectivity index (χ1) is 12.6. The molecule has 0 bridgehead atoms. The highest BCUT2D eigenvalue weighted by Gasteiger charge is 2.28. The fourth-order valence-electron chi connectivity index (χ4n) is 2.42. The molecule has 144 valence electrons. The predicted octanol–water partition coefficient (Wildman–Crippen LogP) is 2.82. The lowest BCUT2D eigenvalue weighted by atomic mass is 10.1. The third-order valence-corrected chi connectivity index (χ3v) is 3.60. The summed E-state index contributed by atoms with van der Waals surface area (Å²) in [4.78, 5) is 24.3. The highest BCUT2D eigenvalue weighted by molar-refractivity contribution is 5.79. The molecule has 27 heavy (non-hydrogen) atoms. The molecule has 0 unspecified atom stereocenters. The van der Waals surface area contributed by atoms with Crippen LogP contribution in [0.2, 0.25) is 0 Å². The van der Waals surface area contributed by atoms with Gasteiger partial charge in [-0.1, -0.05) is 6.08 Å². The van der Waals surface area contributed by atoms with Gasteiger partial charge >= 0.3 is 6.09 Å². The number of methoxy groups -OCH3 is 1. The Kier molecular flexibility index (Phi) is 6.05. The second-order valence-electron chi connectivity index (χ2n) is 7.32. The lowest BCUT2D eigenvalue weighted by Gasteiger charge is -2.24. The molecule has 2 rings (SSSR count). The van der Waals surface area contributed by atoms with Crippen LogP contribution in [0.25, 0.3) is 5.57 Å². The summed E-state index contributed by atoms with van der Waals surface area (Å²) in [6, 6.07) is 3.75. The van der Waals surface area contributed by atoms with Crippen LogP contribution in [0.15, 0.2) is 17.1 Å². The largest absolute Gasteiger partial charge is 0.494 e. The highest BCUT2D eigenvalue weighted by atomic mass is 16.6. The van der Waals surface area contributed by atoms with E-state index < -0.39 is 5.60 Å². The summed E-state index contributed by atoms with van der Waals surface area (Å²) in [5.74, 6) is 0.497. The number of pyridine rings is 1. The van der Waals surface area contributed by atoms with Crippen molar-refractivity contribution in [3.05, 3.63) is 23.5 Å². The van der Waals surface area contributed by atoms with Gasteiger partial charge in [0, 0.05) is 26.7 Å². The number of rotatable bonds is 4. The summed E-state index contributed by atoms with van der Waals surface area (Å²) in [6.07, 6.45) is 3.09. The highest BCUT2D eigenvalue weighted by Crippen LogP contribution is 2.33. The maximum atomic E-state index is 12.3. The van der Waals surface area contributed by atoms with Crippen LogP contribution >= 0.6 is 0 Å². The third kappa shape index (κ3) is 5.20. The molecule has 0 saturated carbocycles. The number of aromatic nitrogens is 1. The second-order valence-corrected chi connectivity index (χ2v) is 7.32. The van der Waals surface area contributed by atoms with Crippen molar-refractivity contribution in [3.8, 4) is 11.8 Å². The van der Waals surface area contributed by atoms with Crippen LogP contribution in [0, 0.1) is 11.3 Å². The van der Waals surface area contributed by atoms with Crippen molar-refractivity contribution in [3.63, 3.8) is 0 Å². The molecule has 2 heterocycles. The number of nitrogens with zero attached hydrogens (tertiary/aromatic N) is 5. The van der Waals surface area contributed by atoms with Crippen molar-refractivity contribution in [2.45, 2.75) is 26.4 Å². The van der Waals surface area contributed by atoms with E-state index in [0.717, 1.165) is 5.57 Å². The van der Waals surface area contributed by atoms with Crippen molar-refractivity contribution in [1.29, 1.82) is 5.26 Å². The standard InChI is InChI=1S/C19H25N5O3/c1-19(2,3)27-18(25)24-8-7-13(11-24)17-16(26-6)9-14(15(10-20)22-17)21-12-23(4)5/h7,9,12H,8,11H2,1-6H3/b21-12+. The van der Waals surface area contributed by atoms with Crippen LogP contribution in [-0.4, -0.2) is 67.1 Å². The minimum atomic E-state index is -0.560. The molecule has 1 aromatic rings. The molecule has 1 amide bonds. The van der Waals surface area contributed by atoms with Gasteiger partial charge in [-0.2, -0.15) is 5.26 Å². The van der Waals surface area contributed by atoms with Gasteiger partial charge in [0.25, 0.3) is 0 Å². The summed E-state index contributed by atoms with van der Waals surface area (Å²) >= 11 is 0. The van der Waals surface area contributed by atoms with Crippen LogP contribution in [0.5, 0.6) is 5.75 Å². The van der Waals surface area contributed by atoms with E-state index >= 15 is 0 Å². The van der Waals surface area contributed by atoms with Gasteiger partial charge in [-0.15, -0.1) is 0 Å². The van der Waals surface area contributed by atoms with E-state index in [1.54, 1.807) is 22.2 Å². The lowest BCUT2D eigenvalue weighted by molar-refractivity contribution is 0.0306. The van der Waals surface area contributed by atoms with E-state index in [0.29, 0.717) is 30.2 Å². The quantitative estimate of drug-likeness (QED) is 0.597. The van der Waals surface area contributed by atoms with Gasteiger partial charge in [-0.3, -0.25) is 0 Å². The molecule has 0 spiro atoms. The fraction of sp³-hybridized carbons (Fsp3) is 0.474. The molecule has 0 fully saturated rings. The third-order valence-electron chi connectivity index (χ3n) is 3.60. The van der Waals surface area contributed by atoms with E-state index in [4.69, 9.17) is 9.47 Å². The van der Waals surface area contributed by atoms with Crippen LogP contribution in [0.3, 0.4) is 0 Å². The van der Waals surface area contributed by atoms with Crippen LogP contribution < -0.4 is 4.74 Å². The Morgan fingerprint density at radius 1 is 1.44 bits per heavy atom. The smallest absolute Gasteiger partial charge is 0.410 e. The van der Waals surface area contributed by atoms with Crippen LogP contribution in [0.4, 0.5) is 10.5 Å². The molecule has 1 aromatic heterocycles. The van der Waals surface area contributed by atoms with Gasteiger partial charge < -0.3 is 19.3 Å². The molecular formula is C19H25N5O3. The number of amides is 1. The Balaban J connectivity index is 2.29. The normalized spacial score (nSPS) is 14.1. The zero-order chi connectivity index (χ0) is 20.2. The Morgan fingerprint density at radius 3 is 2.70 bits per heavy atom. The van der Waals surface area contributed by atoms with Crippen LogP contribution in [0.1, 0.15) is 32.2 Å². The van der Waals surface area contributed by atoms with Gasteiger partial charge in [-0.05, 0) is 26.3 Å². The summed E-state index contributed by atoms with van der Waals surface area (Å²) in [5, 5.41) is 9.44. The van der Waals surface area contributed by atoms with Crippen LogP contribution in [-0.2, 0) is 4.74 Å². The number of carbonyl (C=O) groups is 1. The maximum absolute atomic E-state index is 12.3. The SMILES string of the molecule is COc1cc(/N=C/N(C)C)c(C#N)nc1C1=CCN(C(=O)OC(C)(C)C)C1. The van der Waals surface area contributed by atoms with E-state index in [-0.39, 0.29) is 11.8 Å². The lowest BCUT2D eigenvalue weighted by Crippen LogP contribution is -2.35. The first-order valence-corrected chi connectivity index (χ1v) is 8.51. The average molecular weight is 371 g/mol. The Hall–Kier alpha value is -3.08. The van der Waals surface area contributed by atoms with Gasteiger partial charge in [0.1, 0.15) is 28.8 Å². The van der Waals surface area contributed by atoms with E-state index in [2.05, 4.69) is 16.0 Å². The van der Waals surface area contributed by atoms with Crippen molar-refractivity contribution in [2.75, 3.05) is 34.3 Å². The van der Waals surface area contributed by atoms with E-state index in [9.17, 15) is 10.1 Å². The summed E-state index contributed by atoms with van der Waals surface area (Å²) in [5.41, 5.74) is 1.40. The molecule has 0 N–H and O–H groups in total. The Labute approximate surface area is 159 Å². The first-order valence-electron chi connectivity index (χ1n) is 8.51. The van der Waals surface area contributed by atoms with Crippen molar-refractivity contribution in [2.24, 2.45) is 4.99 Å². The Bertz CT molecular complexity index is 816. The molecule has 8 nitrogen and oxygen atoms in total. The molecule has 0 radical (unpaired) electrons. The van der Waals surface area contributed by atoms with Crippen molar-refractivity contribution in [1.82, 2.24) is 14.8 Å². The number of hydrogen-bond acceptors (Lipinski definition) is 6. The summed E-state index contributed by atoms with van der Waals surface area (Å²) in [6.45, 7) is 6.23. The zero-order valence-corrected chi connectivity index (χ0v) is 16.6. The topological polar surface area (TPSA) is 91.0 Å². The van der Waals surface area contributed by atoms with Gasteiger partial charge in [0.15, 0.2) is 5.69 Å². The molecule has 0 aliphatic carbocycles. The monoisotopic (exact) mass is 371 g/mol. The number of ether oxygens (including phenoxy) is 2. The van der Waals surface area contributed by atoms with Gasteiger partial charge in [-0.25, -0.2) is 14.8 Å². The second kappa shape index (κ2) is 8.08. The zero-order valence-electron chi connectivity index (χ0n) is 16.6. The summed E-state index contributed by atoms with van der Waals surface area (Å²) < 4.78 is 10.9. The molecule has 1 aliphatic rings. The minimum Gasteiger partial charge on any atom is -0.494 e. The minimum absolute atomic E-state index is 0.195. The molecular weight excluding hydrogens is 346 g/mol. The first kappa shape index (κ1) is 20.2. The number of hydrogen-bond donors (Lipinski definition) is 0. The predicted molar refractivity (Wildman–Crippen MR) is 103 cm³/mol. The molecule has 0 aromatic carbocycles.